The second-order valence-corrected chi connectivity index (χ2v) is 9.16. The van der Waals surface area contributed by atoms with E-state index in [0.29, 0.717) is 72.9 Å². The van der Waals surface area contributed by atoms with E-state index in [0.717, 1.165) is 17.8 Å². The number of carbonyl (C=O) groups is 1. The third-order valence-electron chi connectivity index (χ3n) is 6.85. The lowest BCUT2D eigenvalue weighted by Crippen LogP contribution is -2.47. The highest BCUT2D eigenvalue weighted by Crippen LogP contribution is 2.37. The van der Waals surface area contributed by atoms with E-state index in [4.69, 9.17) is 9.47 Å². The van der Waals surface area contributed by atoms with Crippen LogP contribution in [0.2, 0.25) is 0 Å². The number of halogens is 2. The van der Waals surface area contributed by atoms with E-state index in [1.54, 1.807) is 29.3 Å². The Morgan fingerprint density at radius 3 is 2.64 bits per heavy atom. The van der Waals surface area contributed by atoms with E-state index < -0.39 is 17.2 Å². The highest BCUT2D eigenvalue weighted by atomic mass is 19.1. The number of carbonyl (C=O) groups excluding carboxylic acids is 1. The average Bonchev–Trinajstić information content (AvgIpc) is 2.98. The molecule has 0 radical (unpaired) electrons. The van der Waals surface area contributed by atoms with E-state index in [-0.39, 0.29) is 11.5 Å². The Hall–Kier alpha value is -4.75. The predicted molar refractivity (Wildman–Crippen MR) is 142 cm³/mol. The van der Waals surface area contributed by atoms with Gasteiger partial charge in [0.15, 0.2) is 0 Å². The van der Waals surface area contributed by atoms with Crippen molar-refractivity contribution in [3.8, 4) is 22.9 Å². The number of hydrogen-bond donors (Lipinski definition) is 1. The highest BCUT2D eigenvalue weighted by Gasteiger charge is 2.27. The standard InChI is InChI=1S/C29H23F2N5O3/c30-19-14-18(16-32)26(31)22(15-19)20-4-3-5-21-27(20)33-17-23(28(21)35-8-11-38-12-9-35)29(37)34-36-10-13-39-25-7-2-1-6-24(25)36/h1-7,14-15,17H,8-13H2,(H,34,37). The molecule has 39 heavy (non-hydrogen) atoms. The first-order chi connectivity index (χ1) is 19.0. The molecule has 8 nitrogen and oxygen atoms in total. The predicted octanol–water partition coefficient (Wildman–Crippen LogP) is 4.43. The van der Waals surface area contributed by atoms with E-state index in [1.165, 1.54) is 6.20 Å². The van der Waals surface area contributed by atoms with Gasteiger partial charge in [-0.1, -0.05) is 30.3 Å². The van der Waals surface area contributed by atoms with Crippen LogP contribution in [0.25, 0.3) is 22.0 Å². The first-order valence-electron chi connectivity index (χ1n) is 12.5. The number of hydrogen-bond acceptors (Lipinski definition) is 7. The summed E-state index contributed by atoms with van der Waals surface area (Å²) in [6.07, 6.45) is 1.46. The van der Waals surface area contributed by atoms with Crippen molar-refractivity contribution in [2.45, 2.75) is 0 Å². The van der Waals surface area contributed by atoms with Gasteiger partial charge in [-0.05, 0) is 24.3 Å². The van der Waals surface area contributed by atoms with E-state index in [9.17, 15) is 14.4 Å². The smallest absolute Gasteiger partial charge is 0.273 e. The van der Waals surface area contributed by atoms with Crippen LogP contribution in [0.4, 0.5) is 20.2 Å². The van der Waals surface area contributed by atoms with Gasteiger partial charge in [-0.2, -0.15) is 5.26 Å². The number of morpholine rings is 1. The monoisotopic (exact) mass is 527 g/mol. The van der Waals surface area contributed by atoms with Crippen molar-refractivity contribution in [2.24, 2.45) is 0 Å². The lowest BCUT2D eigenvalue weighted by Gasteiger charge is -2.33. The fourth-order valence-electron chi connectivity index (χ4n) is 5.06. The molecule has 4 aromatic rings. The number of nitrogens with one attached hydrogen (secondary N) is 1. The lowest BCUT2D eigenvalue weighted by molar-refractivity contribution is 0.0943. The highest BCUT2D eigenvalue weighted by molar-refractivity contribution is 6.10. The minimum atomic E-state index is -0.825. The first kappa shape index (κ1) is 24.6. The topological polar surface area (TPSA) is 90.7 Å². The van der Waals surface area contributed by atoms with E-state index in [1.807, 2.05) is 29.2 Å². The first-order valence-corrected chi connectivity index (χ1v) is 12.5. The number of nitriles is 1. The lowest BCUT2D eigenvalue weighted by atomic mass is 9.97. The van der Waals surface area contributed by atoms with Crippen molar-refractivity contribution in [1.82, 2.24) is 10.4 Å². The number of para-hydroxylation sites is 3. The second kappa shape index (κ2) is 10.2. The minimum Gasteiger partial charge on any atom is -0.489 e. The molecule has 1 fully saturated rings. The largest absolute Gasteiger partial charge is 0.489 e. The Labute approximate surface area is 223 Å². The van der Waals surface area contributed by atoms with Gasteiger partial charge in [0.2, 0.25) is 0 Å². The summed E-state index contributed by atoms with van der Waals surface area (Å²) in [5.74, 6) is -1.24. The fraction of sp³-hybridized carbons (Fsp3) is 0.207. The van der Waals surface area contributed by atoms with Crippen molar-refractivity contribution >= 4 is 28.2 Å². The van der Waals surface area contributed by atoms with Crippen LogP contribution in [0.1, 0.15) is 15.9 Å². The van der Waals surface area contributed by atoms with Gasteiger partial charge in [-0.25, -0.2) is 8.78 Å². The molecule has 0 bridgehead atoms. The van der Waals surface area contributed by atoms with Crippen LogP contribution >= 0.6 is 0 Å². The molecule has 0 atom stereocenters. The molecule has 0 unspecified atom stereocenters. The molecule has 2 aliphatic rings. The maximum Gasteiger partial charge on any atom is 0.273 e. The van der Waals surface area contributed by atoms with Gasteiger partial charge in [0.05, 0.1) is 47.8 Å². The summed E-state index contributed by atoms with van der Waals surface area (Å²) in [4.78, 5) is 20.3. The molecule has 1 N–H and O–H groups in total. The van der Waals surface area contributed by atoms with Gasteiger partial charge in [-0.15, -0.1) is 0 Å². The quantitative estimate of drug-likeness (QED) is 0.420. The van der Waals surface area contributed by atoms with E-state index >= 15 is 4.39 Å². The van der Waals surface area contributed by atoms with Crippen LogP contribution in [-0.4, -0.2) is 50.3 Å². The van der Waals surface area contributed by atoms with Crippen LogP contribution in [-0.2, 0) is 4.74 Å². The number of nitrogens with zero attached hydrogens (tertiary/aromatic N) is 4. The van der Waals surface area contributed by atoms with Crippen LogP contribution in [0, 0.1) is 23.0 Å². The molecule has 0 aliphatic carbocycles. The van der Waals surface area contributed by atoms with Crippen molar-refractivity contribution in [1.29, 1.82) is 5.26 Å². The molecular formula is C29H23F2N5O3. The Bertz CT molecular complexity index is 1630. The molecule has 1 saturated heterocycles. The molecule has 10 heteroatoms. The number of benzene rings is 3. The van der Waals surface area contributed by atoms with Crippen molar-refractivity contribution < 1.29 is 23.0 Å². The number of hydrazine groups is 1. The SMILES string of the molecule is N#Cc1cc(F)cc(-c2cccc3c(N4CCOCC4)c(C(=O)NN4CCOc5ccccc54)cnc23)c1F. The Kier molecular flexibility index (Phi) is 6.42. The maximum absolute atomic E-state index is 15.2. The van der Waals surface area contributed by atoms with Gasteiger partial charge in [0.1, 0.15) is 30.1 Å². The van der Waals surface area contributed by atoms with E-state index in [2.05, 4.69) is 10.4 Å². The van der Waals surface area contributed by atoms with Crippen molar-refractivity contribution in [3.05, 3.63) is 83.6 Å². The molecule has 196 valence electrons. The number of fused-ring (bicyclic) bond motifs is 2. The number of aromatic nitrogens is 1. The van der Waals surface area contributed by atoms with Crippen LogP contribution in [0.15, 0.2) is 60.8 Å². The summed E-state index contributed by atoms with van der Waals surface area (Å²) in [5.41, 5.74) is 4.95. The van der Waals surface area contributed by atoms with Gasteiger partial charge in [0, 0.05) is 35.8 Å². The molecule has 0 saturated carbocycles. The fourth-order valence-corrected chi connectivity index (χ4v) is 5.06. The molecule has 3 heterocycles. The summed E-state index contributed by atoms with van der Waals surface area (Å²) in [6, 6.07) is 16.2. The average molecular weight is 528 g/mol. The molecule has 6 rings (SSSR count). The summed E-state index contributed by atoms with van der Waals surface area (Å²) in [6.45, 7) is 2.91. The zero-order valence-corrected chi connectivity index (χ0v) is 20.8. The number of pyridine rings is 1. The summed E-state index contributed by atoms with van der Waals surface area (Å²) in [7, 11) is 0. The summed E-state index contributed by atoms with van der Waals surface area (Å²) < 4.78 is 40.8. The Morgan fingerprint density at radius 1 is 1.00 bits per heavy atom. The minimum absolute atomic E-state index is 0.0697. The third kappa shape index (κ3) is 4.47. The normalized spacial score (nSPS) is 14.9. The number of rotatable bonds is 4. The summed E-state index contributed by atoms with van der Waals surface area (Å²) >= 11 is 0. The number of ether oxygens (including phenoxy) is 2. The molecule has 1 aromatic heterocycles. The molecule has 3 aromatic carbocycles. The van der Waals surface area contributed by atoms with Crippen LogP contribution in [0.3, 0.4) is 0 Å². The Balaban J connectivity index is 1.48. The van der Waals surface area contributed by atoms with Gasteiger partial charge >= 0.3 is 0 Å². The van der Waals surface area contributed by atoms with Crippen LogP contribution < -0.4 is 20.1 Å². The molecular weight excluding hydrogens is 504 g/mol. The van der Waals surface area contributed by atoms with Crippen LogP contribution in [0.5, 0.6) is 5.75 Å². The van der Waals surface area contributed by atoms with Gasteiger partial charge < -0.3 is 14.4 Å². The molecule has 2 aliphatic heterocycles. The zero-order valence-electron chi connectivity index (χ0n) is 20.8. The number of anilines is 2. The third-order valence-corrected chi connectivity index (χ3v) is 6.85. The van der Waals surface area contributed by atoms with Gasteiger partial charge in [-0.3, -0.25) is 20.2 Å². The second-order valence-electron chi connectivity index (χ2n) is 9.16. The van der Waals surface area contributed by atoms with Crippen molar-refractivity contribution in [3.63, 3.8) is 0 Å². The van der Waals surface area contributed by atoms with Crippen molar-refractivity contribution in [2.75, 3.05) is 49.4 Å². The maximum atomic E-state index is 15.2. The molecule has 0 spiro atoms. The molecule has 1 amide bonds. The van der Waals surface area contributed by atoms with Gasteiger partial charge in [0.25, 0.3) is 5.91 Å². The Morgan fingerprint density at radius 2 is 1.82 bits per heavy atom. The number of amides is 1. The summed E-state index contributed by atoms with van der Waals surface area (Å²) in [5, 5.41) is 11.6. The zero-order chi connectivity index (χ0) is 26.9.